The van der Waals surface area contributed by atoms with Crippen LogP contribution >= 0.6 is 0 Å². The summed E-state index contributed by atoms with van der Waals surface area (Å²) in [6, 6.07) is 14.9. The second-order valence-corrected chi connectivity index (χ2v) is 17.5. The Labute approximate surface area is 227 Å². The number of hydrogen-bond donors (Lipinski definition) is 2. The molecule has 1 aliphatic heterocycles. The summed E-state index contributed by atoms with van der Waals surface area (Å²) < 4.78 is 5.48. The molecule has 0 spiro atoms. The second-order valence-electron chi connectivity index (χ2n) is 12.5. The Morgan fingerprint density at radius 3 is 2.42 bits per heavy atom. The molecule has 2 N–H and O–H groups in total. The van der Waals surface area contributed by atoms with Crippen LogP contribution in [0.1, 0.15) is 68.0 Å². The maximum atomic E-state index is 14.1. The second kappa shape index (κ2) is 10.9. The summed E-state index contributed by atoms with van der Waals surface area (Å²) in [6.07, 6.45) is 2.82. The number of rotatable bonds is 5. The van der Waals surface area contributed by atoms with Crippen LogP contribution in [0.15, 0.2) is 48.5 Å². The molecule has 2 aliphatic rings. The van der Waals surface area contributed by atoms with Gasteiger partial charge in [0.1, 0.15) is 17.7 Å². The average molecular weight is 536 g/mol. The van der Waals surface area contributed by atoms with Gasteiger partial charge in [-0.1, -0.05) is 67.2 Å². The van der Waals surface area contributed by atoms with Crippen LogP contribution in [0.4, 0.5) is 4.79 Å². The minimum absolute atomic E-state index is 0.0532. The highest BCUT2D eigenvalue weighted by Gasteiger charge is 2.47. The number of carbonyl (C=O) groups excluding carboxylic acids is 3. The fourth-order valence-electron chi connectivity index (χ4n) is 5.54. The Morgan fingerprint density at radius 1 is 1.05 bits per heavy atom. The van der Waals surface area contributed by atoms with E-state index in [1.54, 1.807) is 25.7 Å². The van der Waals surface area contributed by atoms with E-state index in [0.29, 0.717) is 17.8 Å². The lowest BCUT2D eigenvalue weighted by molar-refractivity contribution is -0.140. The summed E-state index contributed by atoms with van der Waals surface area (Å²) in [5.41, 5.74) is 3.46. The van der Waals surface area contributed by atoms with Crippen molar-refractivity contribution in [3.63, 3.8) is 0 Å². The van der Waals surface area contributed by atoms with E-state index in [-0.39, 0.29) is 17.9 Å². The normalized spacial score (nSPS) is 21.3. The predicted molar refractivity (Wildman–Crippen MR) is 151 cm³/mol. The molecule has 1 fully saturated rings. The Kier molecular flexibility index (Phi) is 8.02. The average Bonchev–Trinajstić information content (AvgIpc) is 3.17. The molecular weight excluding hydrogens is 494 g/mol. The summed E-state index contributed by atoms with van der Waals surface area (Å²) in [4.78, 5) is 42.4. The molecule has 2 aromatic carbocycles. The summed E-state index contributed by atoms with van der Waals surface area (Å²) in [5.74, 6) is -0.389. The van der Waals surface area contributed by atoms with E-state index in [1.165, 1.54) is 11.1 Å². The number of amides is 3. The molecular formula is C30H41N3O4Si. The van der Waals surface area contributed by atoms with Crippen molar-refractivity contribution in [2.24, 2.45) is 0 Å². The highest BCUT2D eigenvalue weighted by Crippen LogP contribution is 2.33. The third kappa shape index (κ3) is 6.65. The van der Waals surface area contributed by atoms with Crippen molar-refractivity contribution in [2.75, 3.05) is 6.17 Å². The van der Waals surface area contributed by atoms with Gasteiger partial charge in [-0.2, -0.15) is 0 Å². The van der Waals surface area contributed by atoms with Crippen LogP contribution in [0, 0.1) is 6.92 Å². The molecule has 2 aromatic rings. The molecule has 0 saturated carbocycles. The number of fused-ring (bicyclic) bond motifs is 1. The Morgan fingerprint density at radius 2 is 1.74 bits per heavy atom. The minimum atomic E-state index is -1.86. The number of benzene rings is 2. The van der Waals surface area contributed by atoms with Gasteiger partial charge in [-0.25, -0.2) is 4.79 Å². The number of nitrogens with zero attached hydrogens (tertiary/aromatic N) is 1. The van der Waals surface area contributed by atoms with Gasteiger partial charge in [-0.05, 0) is 69.7 Å². The van der Waals surface area contributed by atoms with E-state index in [2.05, 4.69) is 35.9 Å². The topological polar surface area (TPSA) is 87.7 Å². The number of nitrogens with one attached hydrogen (secondary N) is 2. The van der Waals surface area contributed by atoms with Gasteiger partial charge in [-0.15, -0.1) is 0 Å². The molecule has 3 unspecified atom stereocenters. The van der Waals surface area contributed by atoms with Crippen molar-refractivity contribution in [2.45, 2.75) is 89.8 Å². The van der Waals surface area contributed by atoms with Crippen LogP contribution in [0.5, 0.6) is 0 Å². The lowest BCUT2D eigenvalue weighted by Crippen LogP contribution is -2.51. The first kappa shape index (κ1) is 27.9. The number of ether oxygens (including phenoxy) is 1. The van der Waals surface area contributed by atoms with Crippen LogP contribution in [0.25, 0.3) is 0 Å². The van der Waals surface area contributed by atoms with E-state index in [0.717, 1.165) is 24.8 Å². The summed E-state index contributed by atoms with van der Waals surface area (Å²) in [6.45, 7) is 11.7. The van der Waals surface area contributed by atoms with Crippen molar-refractivity contribution in [1.29, 1.82) is 0 Å². The molecule has 38 heavy (non-hydrogen) atoms. The Bertz CT molecular complexity index is 1190. The molecule has 3 amide bonds. The Hall–Kier alpha value is -3.13. The van der Waals surface area contributed by atoms with E-state index < -0.39 is 31.9 Å². The monoisotopic (exact) mass is 535 g/mol. The van der Waals surface area contributed by atoms with E-state index in [4.69, 9.17) is 4.74 Å². The third-order valence-electron chi connectivity index (χ3n) is 7.31. The largest absolute Gasteiger partial charge is 0.444 e. The molecule has 4 rings (SSSR count). The first-order chi connectivity index (χ1) is 17.8. The van der Waals surface area contributed by atoms with E-state index in [1.807, 2.05) is 43.3 Å². The number of carbonyl (C=O) groups is 3. The first-order valence-electron chi connectivity index (χ1n) is 13.6. The zero-order valence-corrected chi connectivity index (χ0v) is 24.5. The maximum absolute atomic E-state index is 14.1. The van der Waals surface area contributed by atoms with Crippen molar-refractivity contribution >= 4 is 26.0 Å². The molecule has 8 heteroatoms. The van der Waals surface area contributed by atoms with Gasteiger partial charge in [-0.3, -0.25) is 9.59 Å². The van der Waals surface area contributed by atoms with Gasteiger partial charge in [0.2, 0.25) is 11.8 Å². The lowest BCUT2D eigenvalue weighted by atomic mass is 9.87. The number of alkyl carbamates (subject to hydrolysis) is 1. The van der Waals surface area contributed by atoms with Crippen LogP contribution in [-0.4, -0.2) is 48.7 Å². The van der Waals surface area contributed by atoms with Crippen LogP contribution in [0.3, 0.4) is 0 Å². The number of aryl methyl sites for hydroxylation is 2. The van der Waals surface area contributed by atoms with Gasteiger partial charge >= 0.3 is 6.09 Å². The van der Waals surface area contributed by atoms with Crippen molar-refractivity contribution in [1.82, 2.24) is 15.5 Å². The maximum Gasteiger partial charge on any atom is 0.408 e. The minimum Gasteiger partial charge on any atom is -0.444 e. The molecule has 0 aromatic heterocycles. The SMILES string of the molecule is Cc1ccc(C(NC(=O)OC(C)(C)C)C(=O)N2C[Si](C)(C)CC2C(=O)NC2CCCc3ccccc32)cc1. The first-order valence-corrected chi connectivity index (χ1v) is 17.0. The van der Waals surface area contributed by atoms with Crippen LogP contribution in [-0.2, 0) is 20.7 Å². The fraction of sp³-hybridized carbons (Fsp3) is 0.500. The van der Waals surface area contributed by atoms with Crippen LogP contribution < -0.4 is 10.6 Å². The van der Waals surface area contributed by atoms with Gasteiger partial charge in [0.25, 0.3) is 0 Å². The number of hydrogen-bond acceptors (Lipinski definition) is 4. The Balaban J connectivity index is 1.59. The standard InChI is InChI=1S/C30H41N3O4Si/c1-20-14-16-22(17-15-20)26(32-29(36)37-30(2,3)4)28(35)33-19-38(5,6)18-25(33)27(34)31-24-13-9-11-21-10-7-8-12-23(21)24/h7-8,10,12,14-17,24-26H,9,11,13,18-19H2,1-6H3,(H,31,34)(H,32,36). The van der Waals surface area contributed by atoms with Gasteiger partial charge in [0, 0.05) is 6.17 Å². The van der Waals surface area contributed by atoms with Gasteiger partial charge in [0.05, 0.1) is 14.1 Å². The lowest BCUT2D eigenvalue weighted by Gasteiger charge is -2.32. The zero-order chi connectivity index (χ0) is 27.7. The summed E-state index contributed by atoms with van der Waals surface area (Å²) in [7, 11) is -1.86. The molecule has 3 atom stereocenters. The summed E-state index contributed by atoms with van der Waals surface area (Å²) >= 11 is 0. The predicted octanol–water partition coefficient (Wildman–Crippen LogP) is 5.21. The van der Waals surface area contributed by atoms with Crippen LogP contribution in [0.2, 0.25) is 19.1 Å². The fourth-order valence-corrected chi connectivity index (χ4v) is 8.43. The highest BCUT2D eigenvalue weighted by molar-refractivity contribution is 6.79. The molecule has 204 valence electrons. The van der Waals surface area contributed by atoms with Gasteiger partial charge in [0.15, 0.2) is 0 Å². The molecule has 1 saturated heterocycles. The highest BCUT2D eigenvalue weighted by atomic mass is 28.3. The molecule has 1 aliphatic carbocycles. The smallest absolute Gasteiger partial charge is 0.408 e. The van der Waals surface area contributed by atoms with E-state index in [9.17, 15) is 14.4 Å². The molecule has 7 nitrogen and oxygen atoms in total. The quantitative estimate of drug-likeness (QED) is 0.515. The molecule has 0 bridgehead atoms. The molecule has 1 heterocycles. The van der Waals surface area contributed by atoms with Crippen molar-refractivity contribution in [3.8, 4) is 0 Å². The summed E-state index contributed by atoms with van der Waals surface area (Å²) in [5, 5.41) is 6.07. The van der Waals surface area contributed by atoms with E-state index >= 15 is 0 Å². The van der Waals surface area contributed by atoms with Crippen molar-refractivity contribution < 1.29 is 19.1 Å². The third-order valence-corrected chi connectivity index (χ3v) is 10.00. The zero-order valence-electron chi connectivity index (χ0n) is 23.5. The van der Waals surface area contributed by atoms with Crippen molar-refractivity contribution in [3.05, 3.63) is 70.8 Å². The van der Waals surface area contributed by atoms with Gasteiger partial charge < -0.3 is 20.3 Å². The molecule has 0 radical (unpaired) electrons.